The monoisotopic (exact) mass is 427 g/mol. The number of carbonyl (C=O) groups is 2. The van der Waals surface area contributed by atoms with Gasteiger partial charge in [-0.3, -0.25) is 9.59 Å². The lowest BCUT2D eigenvalue weighted by Crippen LogP contribution is -2.41. The fraction of sp³-hybridized carbons (Fsp3) is 0.440. The molecule has 0 aliphatic rings. The van der Waals surface area contributed by atoms with Gasteiger partial charge in [-0.1, -0.05) is 33.8 Å². The molecule has 5 nitrogen and oxygen atoms in total. The minimum atomic E-state index is -0.435. The number of nitrogens with zero attached hydrogens (tertiary/aromatic N) is 2. The largest absolute Gasteiger partial charge is 0.377 e. The molecular weight excluding hydrogens is 393 g/mol. The number of anilines is 2. The third-order valence-electron chi connectivity index (χ3n) is 5.48. The van der Waals surface area contributed by atoms with Crippen molar-refractivity contribution in [3.05, 3.63) is 59.4 Å². The van der Waals surface area contributed by atoms with Crippen LogP contribution in [-0.4, -0.2) is 36.9 Å². The van der Waals surface area contributed by atoms with Gasteiger partial charge in [0, 0.05) is 49.5 Å². The van der Waals surface area contributed by atoms with Crippen molar-refractivity contribution in [2.24, 2.45) is 11.8 Å². The first-order valence-electron chi connectivity index (χ1n) is 10.7. The van der Waals surface area contributed by atoms with Crippen molar-refractivity contribution in [3.63, 3.8) is 0 Å². The summed E-state index contributed by atoms with van der Waals surface area (Å²) in [6.07, 6.45) is 0. The van der Waals surface area contributed by atoms with Crippen molar-refractivity contribution in [3.8, 4) is 0 Å². The summed E-state index contributed by atoms with van der Waals surface area (Å²) < 4.78 is 13.8. The number of nitrogens with one attached hydrogen (secondary N) is 1. The second-order valence-electron chi connectivity index (χ2n) is 8.81. The van der Waals surface area contributed by atoms with E-state index in [0.717, 1.165) is 11.3 Å². The lowest BCUT2D eigenvalue weighted by molar-refractivity contribution is -0.118. The molecule has 1 atom stereocenters. The van der Waals surface area contributed by atoms with E-state index in [2.05, 4.69) is 19.2 Å². The van der Waals surface area contributed by atoms with Gasteiger partial charge in [0.05, 0.1) is 0 Å². The Hall–Kier alpha value is -2.89. The van der Waals surface area contributed by atoms with E-state index in [4.69, 9.17) is 0 Å². The van der Waals surface area contributed by atoms with Crippen LogP contribution in [-0.2, 0) is 11.3 Å². The van der Waals surface area contributed by atoms with Gasteiger partial charge in [0.15, 0.2) is 0 Å². The van der Waals surface area contributed by atoms with E-state index >= 15 is 0 Å². The summed E-state index contributed by atoms with van der Waals surface area (Å²) in [5.74, 6) is -0.641. The summed E-state index contributed by atoms with van der Waals surface area (Å²) >= 11 is 0. The minimum absolute atomic E-state index is 0.0632. The molecule has 0 saturated carbocycles. The molecule has 168 valence electrons. The summed E-state index contributed by atoms with van der Waals surface area (Å²) in [6.45, 7) is 10.1. The van der Waals surface area contributed by atoms with Gasteiger partial charge in [0.25, 0.3) is 5.91 Å². The fourth-order valence-electron chi connectivity index (χ4n) is 3.24. The SMILES string of the molecule is CC(C)C(=O)Nc1ccc(N(C)C)c(CN(C(=O)c2cccc(F)c2)[C@@H](C)C(C)C)c1. The molecule has 0 bridgehead atoms. The van der Waals surface area contributed by atoms with E-state index in [0.29, 0.717) is 17.8 Å². The third-order valence-corrected chi connectivity index (χ3v) is 5.48. The topological polar surface area (TPSA) is 52.7 Å². The molecule has 31 heavy (non-hydrogen) atoms. The first-order valence-corrected chi connectivity index (χ1v) is 10.7. The number of benzene rings is 2. The highest BCUT2D eigenvalue weighted by molar-refractivity contribution is 5.95. The molecule has 0 fully saturated rings. The zero-order chi connectivity index (χ0) is 23.3. The van der Waals surface area contributed by atoms with E-state index in [1.165, 1.54) is 12.1 Å². The van der Waals surface area contributed by atoms with E-state index in [9.17, 15) is 14.0 Å². The maximum absolute atomic E-state index is 13.8. The molecular formula is C25H34FN3O2. The number of carbonyl (C=O) groups excluding carboxylic acids is 2. The van der Waals surface area contributed by atoms with Crippen LogP contribution in [0.5, 0.6) is 0 Å². The lowest BCUT2D eigenvalue weighted by Gasteiger charge is -2.33. The number of rotatable bonds is 8. The van der Waals surface area contributed by atoms with Crippen LogP contribution in [0, 0.1) is 17.7 Å². The van der Waals surface area contributed by atoms with Crippen LogP contribution in [0.25, 0.3) is 0 Å². The Morgan fingerprint density at radius 1 is 1.00 bits per heavy atom. The number of amides is 2. The number of hydrogen-bond acceptors (Lipinski definition) is 3. The highest BCUT2D eigenvalue weighted by Crippen LogP contribution is 2.27. The van der Waals surface area contributed by atoms with Gasteiger partial charge in [-0.05, 0) is 54.8 Å². The average Bonchev–Trinajstić information content (AvgIpc) is 2.70. The van der Waals surface area contributed by atoms with Crippen molar-refractivity contribution < 1.29 is 14.0 Å². The van der Waals surface area contributed by atoms with Crippen LogP contribution >= 0.6 is 0 Å². The Morgan fingerprint density at radius 3 is 2.23 bits per heavy atom. The Labute approximate surface area is 185 Å². The molecule has 2 rings (SSSR count). The van der Waals surface area contributed by atoms with Crippen molar-refractivity contribution >= 4 is 23.2 Å². The average molecular weight is 428 g/mol. The normalized spacial score (nSPS) is 12.1. The molecule has 6 heteroatoms. The molecule has 2 amide bonds. The molecule has 1 N–H and O–H groups in total. The maximum Gasteiger partial charge on any atom is 0.254 e. The van der Waals surface area contributed by atoms with Crippen molar-refractivity contribution in [2.45, 2.75) is 47.2 Å². The predicted octanol–water partition coefficient (Wildman–Crippen LogP) is 5.17. The molecule has 0 unspecified atom stereocenters. The van der Waals surface area contributed by atoms with Crippen molar-refractivity contribution in [1.82, 2.24) is 4.90 Å². The second kappa shape index (κ2) is 10.4. The summed E-state index contributed by atoms with van der Waals surface area (Å²) in [5.41, 5.74) is 2.87. The smallest absolute Gasteiger partial charge is 0.254 e. The molecule has 0 spiro atoms. The molecule has 2 aromatic rings. The van der Waals surface area contributed by atoms with Crippen LogP contribution in [0.2, 0.25) is 0 Å². The quantitative estimate of drug-likeness (QED) is 0.632. The third kappa shape index (κ3) is 6.29. The molecule has 0 aliphatic carbocycles. The van der Waals surface area contributed by atoms with E-state index in [1.54, 1.807) is 17.0 Å². The Kier molecular flexibility index (Phi) is 8.20. The Balaban J connectivity index is 2.46. The van der Waals surface area contributed by atoms with Crippen LogP contribution in [0.3, 0.4) is 0 Å². The lowest BCUT2D eigenvalue weighted by atomic mass is 10.0. The number of hydrogen-bond donors (Lipinski definition) is 1. The molecule has 0 aliphatic heterocycles. The van der Waals surface area contributed by atoms with Crippen molar-refractivity contribution in [2.75, 3.05) is 24.3 Å². The predicted molar refractivity (Wildman–Crippen MR) is 125 cm³/mol. The van der Waals surface area contributed by atoms with E-state index < -0.39 is 5.82 Å². The standard InChI is InChI=1S/C25H34FN3O2/c1-16(2)18(5)29(25(31)19-9-8-10-21(26)13-19)15-20-14-22(27-24(30)17(3)4)11-12-23(20)28(6)7/h8-14,16-18H,15H2,1-7H3,(H,27,30)/t18-/m0/s1. The summed E-state index contributed by atoms with van der Waals surface area (Å²) in [6, 6.07) is 11.4. The van der Waals surface area contributed by atoms with Crippen LogP contribution < -0.4 is 10.2 Å². The number of halogens is 1. The van der Waals surface area contributed by atoms with Crippen molar-refractivity contribution in [1.29, 1.82) is 0 Å². The zero-order valence-corrected chi connectivity index (χ0v) is 19.6. The first kappa shape index (κ1) is 24.4. The highest BCUT2D eigenvalue weighted by atomic mass is 19.1. The van der Waals surface area contributed by atoms with Crippen LogP contribution in [0.1, 0.15) is 50.5 Å². The first-order chi connectivity index (χ1) is 14.5. The van der Waals surface area contributed by atoms with E-state index in [-0.39, 0.29) is 29.7 Å². The maximum atomic E-state index is 13.8. The molecule has 2 aromatic carbocycles. The van der Waals surface area contributed by atoms with Gasteiger partial charge in [-0.2, -0.15) is 0 Å². The summed E-state index contributed by atoms with van der Waals surface area (Å²) in [4.78, 5) is 29.3. The van der Waals surface area contributed by atoms with E-state index in [1.807, 2.05) is 58.0 Å². The summed E-state index contributed by atoms with van der Waals surface area (Å²) in [7, 11) is 3.88. The summed E-state index contributed by atoms with van der Waals surface area (Å²) in [5, 5.41) is 2.93. The highest BCUT2D eigenvalue weighted by Gasteiger charge is 2.25. The van der Waals surface area contributed by atoms with Gasteiger partial charge < -0.3 is 15.1 Å². The molecule has 0 saturated heterocycles. The zero-order valence-electron chi connectivity index (χ0n) is 19.6. The van der Waals surface area contributed by atoms with Crippen LogP contribution in [0.4, 0.5) is 15.8 Å². The van der Waals surface area contributed by atoms with Gasteiger partial charge >= 0.3 is 0 Å². The van der Waals surface area contributed by atoms with Gasteiger partial charge in [-0.15, -0.1) is 0 Å². The minimum Gasteiger partial charge on any atom is -0.377 e. The van der Waals surface area contributed by atoms with Gasteiger partial charge in [-0.25, -0.2) is 4.39 Å². The molecule has 0 heterocycles. The second-order valence-corrected chi connectivity index (χ2v) is 8.81. The van der Waals surface area contributed by atoms with Gasteiger partial charge in [0.1, 0.15) is 5.82 Å². The Bertz CT molecular complexity index is 925. The fourth-order valence-corrected chi connectivity index (χ4v) is 3.24. The van der Waals surface area contributed by atoms with Crippen LogP contribution in [0.15, 0.2) is 42.5 Å². The molecule has 0 aromatic heterocycles. The Morgan fingerprint density at radius 2 is 1.68 bits per heavy atom. The molecule has 0 radical (unpaired) electrons. The van der Waals surface area contributed by atoms with Gasteiger partial charge in [0.2, 0.25) is 5.91 Å².